The number of aliphatic imine (C=N–C) groups is 1. The Morgan fingerprint density at radius 3 is 2.82 bits per heavy atom. The van der Waals surface area contributed by atoms with Crippen LogP contribution < -0.4 is 15.5 Å². The summed E-state index contributed by atoms with van der Waals surface area (Å²) < 4.78 is 13.9. The van der Waals surface area contributed by atoms with E-state index in [2.05, 4.69) is 32.4 Å². The van der Waals surface area contributed by atoms with Crippen LogP contribution in [-0.4, -0.2) is 68.2 Å². The van der Waals surface area contributed by atoms with Crippen LogP contribution in [0.15, 0.2) is 23.3 Å². The zero-order valence-corrected chi connectivity index (χ0v) is 17.3. The molecule has 2 aliphatic heterocycles. The number of pyridine rings is 1. The minimum absolute atomic E-state index is 0.253. The Hall–Kier alpha value is -1.89. The Bertz CT molecular complexity index is 629. The smallest absolute Gasteiger partial charge is 0.191 e. The first-order valence-corrected chi connectivity index (χ1v) is 10.7. The zero-order chi connectivity index (χ0) is 19.8. The first-order valence-electron chi connectivity index (χ1n) is 10.7. The number of guanidine groups is 1. The second-order valence-corrected chi connectivity index (χ2v) is 8.12. The average Bonchev–Trinajstić information content (AvgIpc) is 3.17. The van der Waals surface area contributed by atoms with Crippen LogP contribution in [0, 0.1) is 11.7 Å². The van der Waals surface area contributed by atoms with E-state index >= 15 is 0 Å². The Labute approximate surface area is 168 Å². The summed E-state index contributed by atoms with van der Waals surface area (Å²) in [6.45, 7) is 8.54. The number of halogens is 1. The van der Waals surface area contributed by atoms with E-state index in [-0.39, 0.29) is 11.9 Å². The van der Waals surface area contributed by atoms with Crippen molar-refractivity contribution in [2.24, 2.45) is 10.9 Å². The SMILES string of the molecule is CN=C(NCCCCN1CCC(C)CC1)NC1CCN(c2ncccc2F)C1. The maximum absolute atomic E-state index is 13.9. The summed E-state index contributed by atoms with van der Waals surface area (Å²) in [6.07, 6.45) is 7.64. The van der Waals surface area contributed by atoms with Crippen LogP contribution in [0.25, 0.3) is 0 Å². The highest BCUT2D eigenvalue weighted by Crippen LogP contribution is 2.20. The molecule has 156 valence electrons. The summed E-state index contributed by atoms with van der Waals surface area (Å²) >= 11 is 0. The van der Waals surface area contributed by atoms with Crippen LogP contribution in [0.1, 0.15) is 39.0 Å². The third-order valence-electron chi connectivity index (χ3n) is 5.86. The number of likely N-dealkylation sites (tertiary alicyclic amines) is 1. The maximum Gasteiger partial charge on any atom is 0.191 e. The maximum atomic E-state index is 13.9. The second kappa shape index (κ2) is 10.6. The highest BCUT2D eigenvalue weighted by Gasteiger charge is 2.25. The molecule has 0 bridgehead atoms. The molecule has 0 radical (unpaired) electrons. The molecule has 2 aliphatic rings. The quantitative estimate of drug-likeness (QED) is 0.426. The lowest BCUT2D eigenvalue weighted by atomic mass is 9.99. The predicted octanol–water partition coefficient (Wildman–Crippen LogP) is 2.48. The van der Waals surface area contributed by atoms with Gasteiger partial charge in [0.2, 0.25) is 0 Å². The molecule has 6 nitrogen and oxygen atoms in total. The molecule has 0 aliphatic carbocycles. The lowest BCUT2D eigenvalue weighted by Crippen LogP contribution is -2.45. The molecular formula is C21H35FN6. The first-order chi connectivity index (χ1) is 13.7. The first kappa shape index (κ1) is 20.8. The van der Waals surface area contributed by atoms with E-state index in [9.17, 15) is 4.39 Å². The van der Waals surface area contributed by atoms with Crippen molar-refractivity contribution in [1.29, 1.82) is 0 Å². The van der Waals surface area contributed by atoms with E-state index in [1.54, 1.807) is 19.3 Å². The lowest BCUT2D eigenvalue weighted by Gasteiger charge is -2.30. The van der Waals surface area contributed by atoms with Gasteiger partial charge in [0, 0.05) is 38.9 Å². The van der Waals surface area contributed by atoms with Crippen molar-refractivity contribution in [3.8, 4) is 0 Å². The molecular weight excluding hydrogens is 355 g/mol. The Kier molecular flexibility index (Phi) is 7.89. The molecule has 1 unspecified atom stereocenters. The number of rotatable bonds is 7. The molecule has 7 heteroatoms. The zero-order valence-electron chi connectivity index (χ0n) is 17.3. The third-order valence-corrected chi connectivity index (χ3v) is 5.86. The molecule has 0 saturated carbocycles. The third kappa shape index (κ3) is 6.06. The van der Waals surface area contributed by atoms with Crippen molar-refractivity contribution < 1.29 is 4.39 Å². The molecule has 0 aromatic carbocycles. The van der Waals surface area contributed by atoms with E-state index in [4.69, 9.17) is 0 Å². The van der Waals surface area contributed by atoms with Gasteiger partial charge in [0.05, 0.1) is 0 Å². The standard InChI is InChI=1S/C21H35FN6/c1-17-7-13-27(14-8-17)12-4-3-10-25-21(23-2)26-18-9-15-28(16-18)20-19(22)6-5-11-24-20/h5-6,11,17-18H,3-4,7-10,12-16H2,1-2H3,(H2,23,25,26). The van der Waals surface area contributed by atoms with Crippen molar-refractivity contribution in [2.75, 3.05) is 51.2 Å². The summed E-state index contributed by atoms with van der Waals surface area (Å²) in [5.41, 5.74) is 0. The number of nitrogens with zero attached hydrogens (tertiary/aromatic N) is 4. The van der Waals surface area contributed by atoms with E-state index in [1.807, 2.05) is 4.90 Å². The fraction of sp³-hybridized carbons (Fsp3) is 0.714. The average molecular weight is 391 g/mol. The molecule has 1 aromatic heterocycles. The van der Waals surface area contributed by atoms with Gasteiger partial charge in [0.25, 0.3) is 0 Å². The fourth-order valence-electron chi connectivity index (χ4n) is 4.02. The number of anilines is 1. The van der Waals surface area contributed by atoms with E-state index in [1.165, 1.54) is 45.0 Å². The number of nitrogens with one attached hydrogen (secondary N) is 2. The van der Waals surface area contributed by atoms with Gasteiger partial charge in [-0.3, -0.25) is 4.99 Å². The predicted molar refractivity (Wildman–Crippen MR) is 113 cm³/mol. The number of aromatic nitrogens is 1. The lowest BCUT2D eigenvalue weighted by molar-refractivity contribution is 0.189. The van der Waals surface area contributed by atoms with Gasteiger partial charge in [0.1, 0.15) is 0 Å². The monoisotopic (exact) mass is 390 g/mol. The van der Waals surface area contributed by atoms with Crippen LogP contribution in [0.3, 0.4) is 0 Å². The normalized spacial score (nSPS) is 21.9. The van der Waals surface area contributed by atoms with E-state index in [0.29, 0.717) is 5.82 Å². The molecule has 1 aromatic rings. The minimum atomic E-state index is -0.256. The molecule has 2 N–H and O–H groups in total. The topological polar surface area (TPSA) is 55.8 Å². The van der Waals surface area contributed by atoms with Crippen LogP contribution in [0.5, 0.6) is 0 Å². The van der Waals surface area contributed by atoms with Gasteiger partial charge in [0.15, 0.2) is 17.6 Å². The molecule has 3 heterocycles. The van der Waals surface area contributed by atoms with Gasteiger partial charge in [-0.25, -0.2) is 9.37 Å². The molecule has 2 saturated heterocycles. The Morgan fingerprint density at radius 1 is 1.25 bits per heavy atom. The van der Waals surface area contributed by atoms with Gasteiger partial charge in [-0.15, -0.1) is 0 Å². The fourth-order valence-corrected chi connectivity index (χ4v) is 4.02. The highest BCUT2D eigenvalue weighted by atomic mass is 19.1. The molecule has 0 spiro atoms. The van der Waals surface area contributed by atoms with Crippen molar-refractivity contribution >= 4 is 11.8 Å². The van der Waals surface area contributed by atoms with Crippen LogP contribution in [0.2, 0.25) is 0 Å². The van der Waals surface area contributed by atoms with Crippen LogP contribution >= 0.6 is 0 Å². The van der Waals surface area contributed by atoms with Gasteiger partial charge in [-0.05, 0) is 69.8 Å². The van der Waals surface area contributed by atoms with Gasteiger partial charge < -0.3 is 20.4 Å². The summed E-state index contributed by atoms with van der Waals surface area (Å²) in [5.74, 6) is 1.92. The largest absolute Gasteiger partial charge is 0.356 e. The van der Waals surface area contributed by atoms with Crippen molar-refractivity contribution in [2.45, 2.75) is 45.1 Å². The van der Waals surface area contributed by atoms with Gasteiger partial charge >= 0.3 is 0 Å². The molecule has 3 rings (SSSR count). The molecule has 28 heavy (non-hydrogen) atoms. The molecule has 0 amide bonds. The van der Waals surface area contributed by atoms with Crippen LogP contribution in [0.4, 0.5) is 10.2 Å². The minimum Gasteiger partial charge on any atom is -0.356 e. The van der Waals surface area contributed by atoms with Crippen molar-refractivity contribution in [3.63, 3.8) is 0 Å². The Balaban J connectivity index is 1.32. The summed E-state index contributed by atoms with van der Waals surface area (Å²) in [6, 6.07) is 3.35. The van der Waals surface area contributed by atoms with Gasteiger partial charge in [-0.2, -0.15) is 0 Å². The van der Waals surface area contributed by atoms with Gasteiger partial charge in [-0.1, -0.05) is 6.92 Å². The number of hydrogen-bond acceptors (Lipinski definition) is 4. The second-order valence-electron chi connectivity index (χ2n) is 8.12. The number of unbranched alkanes of at least 4 members (excludes halogenated alkanes) is 1. The van der Waals surface area contributed by atoms with E-state index < -0.39 is 0 Å². The summed E-state index contributed by atoms with van der Waals surface area (Å²) in [5, 5.41) is 6.89. The highest BCUT2D eigenvalue weighted by molar-refractivity contribution is 5.80. The molecule has 2 fully saturated rings. The van der Waals surface area contributed by atoms with E-state index in [0.717, 1.165) is 44.4 Å². The van der Waals surface area contributed by atoms with Crippen molar-refractivity contribution in [3.05, 3.63) is 24.1 Å². The number of piperidine rings is 1. The van der Waals surface area contributed by atoms with Crippen LogP contribution in [-0.2, 0) is 0 Å². The molecule has 1 atom stereocenters. The summed E-state index contributed by atoms with van der Waals surface area (Å²) in [4.78, 5) is 13.1. The number of hydrogen-bond donors (Lipinski definition) is 2. The van der Waals surface area contributed by atoms with Crippen molar-refractivity contribution in [1.82, 2.24) is 20.5 Å². The Morgan fingerprint density at radius 2 is 2.07 bits per heavy atom. The summed E-state index contributed by atoms with van der Waals surface area (Å²) in [7, 11) is 1.80.